The summed E-state index contributed by atoms with van der Waals surface area (Å²) in [4.78, 5) is 49.7. The lowest BCUT2D eigenvalue weighted by atomic mass is 10.0. The van der Waals surface area contributed by atoms with Gasteiger partial charge < -0.3 is 19.7 Å². The van der Waals surface area contributed by atoms with Crippen molar-refractivity contribution in [1.82, 2.24) is 14.9 Å². The van der Waals surface area contributed by atoms with Gasteiger partial charge in [-0.25, -0.2) is 14.8 Å². The highest BCUT2D eigenvalue weighted by molar-refractivity contribution is 6.01. The molecule has 0 radical (unpaired) electrons. The van der Waals surface area contributed by atoms with E-state index in [0.717, 1.165) is 5.56 Å². The number of urea groups is 1. The van der Waals surface area contributed by atoms with E-state index in [9.17, 15) is 19.6 Å². The molecule has 2 aromatic rings. The number of nitrogens with zero attached hydrogens (tertiary/aromatic N) is 5. The lowest BCUT2D eigenvalue weighted by Gasteiger charge is -2.29. The van der Waals surface area contributed by atoms with E-state index in [1.807, 2.05) is 6.07 Å². The van der Waals surface area contributed by atoms with Crippen LogP contribution in [0.5, 0.6) is 0 Å². The van der Waals surface area contributed by atoms with Gasteiger partial charge in [-0.3, -0.25) is 19.8 Å². The van der Waals surface area contributed by atoms with Gasteiger partial charge in [0, 0.05) is 58.2 Å². The van der Waals surface area contributed by atoms with Gasteiger partial charge in [-0.2, -0.15) is 5.26 Å². The van der Waals surface area contributed by atoms with Crippen molar-refractivity contribution in [2.45, 2.75) is 25.8 Å². The number of rotatable bonds is 9. The van der Waals surface area contributed by atoms with Crippen LogP contribution in [-0.4, -0.2) is 80.2 Å². The number of aldehydes is 1. The number of carbonyl (C=O) groups is 3. The van der Waals surface area contributed by atoms with Gasteiger partial charge in [0.2, 0.25) is 5.91 Å². The minimum atomic E-state index is -0.448. The molecule has 12 nitrogen and oxygen atoms in total. The molecule has 2 aliphatic heterocycles. The number of pyridine rings is 2. The van der Waals surface area contributed by atoms with Crippen molar-refractivity contribution in [3.8, 4) is 6.07 Å². The summed E-state index contributed by atoms with van der Waals surface area (Å²) in [6.45, 7) is 2.58. The van der Waals surface area contributed by atoms with Crippen LogP contribution in [0.4, 0.5) is 22.1 Å². The predicted octanol–water partition coefficient (Wildman–Crippen LogP) is 2.20. The first-order chi connectivity index (χ1) is 18.4. The number of ether oxygens (including phenoxy) is 2. The Bertz CT molecular complexity index is 1240. The second-order valence-corrected chi connectivity index (χ2v) is 9.22. The van der Waals surface area contributed by atoms with Gasteiger partial charge in [0.1, 0.15) is 23.4 Å². The van der Waals surface area contributed by atoms with E-state index in [-0.39, 0.29) is 29.9 Å². The van der Waals surface area contributed by atoms with Crippen molar-refractivity contribution in [3.05, 3.63) is 40.7 Å². The molecule has 0 aromatic carbocycles. The monoisotopic (exact) mass is 521 g/mol. The van der Waals surface area contributed by atoms with Gasteiger partial charge in [-0.05, 0) is 30.9 Å². The van der Waals surface area contributed by atoms with Gasteiger partial charge >= 0.3 is 6.03 Å². The van der Waals surface area contributed by atoms with Gasteiger partial charge in [-0.1, -0.05) is 0 Å². The van der Waals surface area contributed by atoms with E-state index in [1.54, 1.807) is 25.1 Å². The van der Waals surface area contributed by atoms with E-state index in [1.165, 1.54) is 11.1 Å². The maximum atomic E-state index is 13.2. The SMILES string of the molecule is COCCNc1cc(NC(=O)N2CCCc3cc(CN(C)C(=O)[C@H]4CCOC4)c(C=O)nc32)ncc1C#N. The number of amides is 3. The maximum Gasteiger partial charge on any atom is 0.328 e. The Balaban J connectivity index is 1.51. The van der Waals surface area contributed by atoms with Crippen LogP contribution in [-0.2, 0) is 27.2 Å². The number of nitrogens with one attached hydrogen (secondary N) is 2. The smallest absolute Gasteiger partial charge is 0.328 e. The van der Waals surface area contributed by atoms with Crippen LogP contribution in [0.3, 0.4) is 0 Å². The van der Waals surface area contributed by atoms with Crippen molar-refractivity contribution in [3.63, 3.8) is 0 Å². The fourth-order valence-electron chi connectivity index (χ4n) is 4.58. The first-order valence-corrected chi connectivity index (χ1v) is 12.5. The second-order valence-electron chi connectivity index (χ2n) is 9.22. The van der Waals surface area contributed by atoms with Gasteiger partial charge in [0.15, 0.2) is 6.29 Å². The fraction of sp³-hybridized carbons (Fsp3) is 0.462. The average Bonchev–Trinajstić information content (AvgIpc) is 3.47. The lowest BCUT2D eigenvalue weighted by molar-refractivity contribution is -0.134. The Labute approximate surface area is 220 Å². The molecule has 200 valence electrons. The summed E-state index contributed by atoms with van der Waals surface area (Å²) in [6, 6.07) is 5.07. The van der Waals surface area contributed by atoms with Crippen LogP contribution in [0.25, 0.3) is 0 Å². The summed E-state index contributed by atoms with van der Waals surface area (Å²) in [7, 11) is 3.29. The van der Waals surface area contributed by atoms with E-state index in [4.69, 9.17) is 9.47 Å². The first-order valence-electron chi connectivity index (χ1n) is 12.5. The third kappa shape index (κ3) is 6.07. The molecule has 1 atom stereocenters. The van der Waals surface area contributed by atoms with Gasteiger partial charge in [0.05, 0.1) is 30.4 Å². The predicted molar refractivity (Wildman–Crippen MR) is 139 cm³/mol. The quantitative estimate of drug-likeness (QED) is 0.374. The van der Waals surface area contributed by atoms with Gasteiger partial charge in [0.25, 0.3) is 0 Å². The topological polar surface area (TPSA) is 150 Å². The third-order valence-electron chi connectivity index (χ3n) is 6.58. The molecule has 0 spiro atoms. The normalized spacial score (nSPS) is 16.3. The molecule has 1 fully saturated rings. The molecule has 2 N–H and O–H groups in total. The highest BCUT2D eigenvalue weighted by atomic mass is 16.5. The van der Waals surface area contributed by atoms with Crippen molar-refractivity contribution in [2.24, 2.45) is 5.92 Å². The van der Waals surface area contributed by atoms with E-state index >= 15 is 0 Å². The van der Waals surface area contributed by atoms with E-state index in [2.05, 4.69) is 26.7 Å². The standard InChI is InChI=1S/C26H31N7O5/c1-32(25(35)18-5-8-38-16-18)14-19-10-17-4-3-7-33(24(17)30-22(19)15-34)26(36)31-23-11-21(28-6-9-37-2)20(12-27)13-29-23/h10-11,13,15,18H,3-9,14,16H2,1-2H3,(H2,28,29,31,36)/t18-/m0/s1. The van der Waals surface area contributed by atoms with Crippen LogP contribution in [0.15, 0.2) is 18.3 Å². The zero-order valence-corrected chi connectivity index (χ0v) is 21.5. The Hall–Kier alpha value is -4.08. The minimum Gasteiger partial charge on any atom is -0.383 e. The second kappa shape index (κ2) is 12.4. The number of hydrogen-bond donors (Lipinski definition) is 2. The summed E-state index contributed by atoms with van der Waals surface area (Å²) in [6.07, 6.45) is 4.13. The molecule has 0 bridgehead atoms. The number of hydrogen-bond acceptors (Lipinski definition) is 9. The summed E-state index contributed by atoms with van der Waals surface area (Å²) in [5.41, 5.74) is 2.52. The molecule has 4 rings (SSSR count). The van der Waals surface area contributed by atoms with Crippen molar-refractivity contribution in [1.29, 1.82) is 5.26 Å². The average molecular weight is 522 g/mol. The molecule has 2 aromatic heterocycles. The molecular weight excluding hydrogens is 490 g/mol. The van der Waals surface area contributed by atoms with Crippen LogP contribution < -0.4 is 15.5 Å². The summed E-state index contributed by atoms with van der Waals surface area (Å²) in [5.74, 6) is 0.481. The van der Waals surface area contributed by atoms with E-state index in [0.29, 0.717) is 81.1 Å². The maximum absolute atomic E-state index is 13.2. The number of methoxy groups -OCH3 is 1. The number of fused-ring (bicyclic) bond motifs is 1. The summed E-state index contributed by atoms with van der Waals surface area (Å²) in [5, 5.41) is 15.2. The van der Waals surface area contributed by atoms with Crippen LogP contribution >= 0.6 is 0 Å². The summed E-state index contributed by atoms with van der Waals surface area (Å²) < 4.78 is 10.4. The van der Waals surface area contributed by atoms with Gasteiger partial charge in [-0.15, -0.1) is 0 Å². The van der Waals surface area contributed by atoms with Crippen molar-refractivity contribution < 1.29 is 23.9 Å². The number of nitriles is 1. The molecule has 3 amide bonds. The summed E-state index contributed by atoms with van der Waals surface area (Å²) >= 11 is 0. The molecule has 0 unspecified atom stereocenters. The lowest BCUT2D eigenvalue weighted by Crippen LogP contribution is -2.40. The number of aryl methyl sites for hydroxylation is 1. The Kier molecular flexibility index (Phi) is 8.83. The molecule has 2 aliphatic rings. The van der Waals surface area contributed by atoms with Crippen LogP contribution in [0.1, 0.15) is 40.0 Å². The van der Waals surface area contributed by atoms with Crippen LogP contribution in [0, 0.1) is 17.2 Å². The largest absolute Gasteiger partial charge is 0.383 e. The number of anilines is 3. The molecular formula is C26H31N7O5. The highest BCUT2D eigenvalue weighted by Gasteiger charge is 2.29. The molecule has 12 heteroatoms. The fourth-order valence-corrected chi connectivity index (χ4v) is 4.58. The van der Waals surface area contributed by atoms with Crippen molar-refractivity contribution >= 4 is 35.5 Å². The molecule has 1 saturated heterocycles. The first kappa shape index (κ1) is 27.0. The minimum absolute atomic E-state index is 0.0240. The Morgan fingerprint density at radius 3 is 2.95 bits per heavy atom. The molecule has 4 heterocycles. The zero-order valence-electron chi connectivity index (χ0n) is 21.5. The van der Waals surface area contributed by atoms with Crippen LogP contribution in [0.2, 0.25) is 0 Å². The van der Waals surface area contributed by atoms with E-state index < -0.39 is 6.03 Å². The number of carbonyl (C=O) groups excluding carboxylic acids is 3. The molecule has 0 saturated carbocycles. The molecule has 0 aliphatic carbocycles. The molecule has 38 heavy (non-hydrogen) atoms. The number of aromatic nitrogens is 2. The zero-order chi connectivity index (χ0) is 27.1. The third-order valence-corrected chi connectivity index (χ3v) is 6.58. The Morgan fingerprint density at radius 2 is 2.24 bits per heavy atom. The Morgan fingerprint density at radius 1 is 1.39 bits per heavy atom. The highest BCUT2D eigenvalue weighted by Crippen LogP contribution is 2.29. The van der Waals surface area contributed by atoms with Crippen molar-refractivity contribution in [2.75, 3.05) is 62.6 Å².